The van der Waals surface area contributed by atoms with Crippen LogP contribution in [0.2, 0.25) is 0 Å². The van der Waals surface area contributed by atoms with E-state index in [2.05, 4.69) is 15.9 Å². The average molecular weight is 270 g/mol. The van der Waals surface area contributed by atoms with Crippen molar-refractivity contribution >= 4 is 21.6 Å². The van der Waals surface area contributed by atoms with E-state index in [-0.39, 0.29) is 4.90 Å². The van der Waals surface area contributed by atoms with Crippen LogP contribution in [0.3, 0.4) is 0 Å². The Morgan fingerprint density at radius 3 is 3.43 bits per heavy atom. The molecule has 0 bridgehead atoms. The summed E-state index contributed by atoms with van der Waals surface area (Å²) in [5.41, 5.74) is -0.976. The Labute approximate surface area is 117 Å². The molecule has 1 aromatic rings. The number of para-hydroxylation sites is 1. The maximum Gasteiger partial charge on any atom is 0.0645 e. The normalized spacial score (nSPS) is 59.6. The number of halogens is 1. The molecule has 0 N–H and O–H groups in total. The maximum atomic E-state index is 8.33. The molecule has 1 nitrogen and oxygen atoms in total. The lowest BCUT2D eigenvalue weighted by atomic mass is 10.00. The molecule has 1 aliphatic rings. The third-order valence-corrected chi connectivity index (χ3v) is 2.00. The molecule has 0 spiro atoms. The zero-order valence-electron chi connectivity index (χ0n) is 22.8. The monoisotopic (exact) mass is 269 g/mol. The van der Waals surface area contributed by atoms with E-state index in [1.165, 1.54) is 0 Å². The van der Waals surface area contributed by atoms with Gasteiger partial charge in [-0.2, -0.15) is 0 Å². The van der Waals surface area contributed by atoms with E-state index in [9.17, 15) is 0 Å². The smallest absolute Gasteiger partial charge is 0.0645 e. The molecular weight excluding hydrogens is 238 g/mol. The van der Waals surface area contributed by atoms with Crippen LogP contribution < -0.4 is 4.90 Å². The Hall–Kier alpha value is -0.500. The number of hydrogen-bond acceptors (Lipinski definition) is 1. The molecule has 0 aromatic heterocycles. The fourth-order valence-electron chi connectivity index (χ4n) is 0.871. The second-order valence-electron chi connectivity index (χ2n) is 2.35. The Balaban J connectivity index is 3.12. The minimum absolute atomic E-state index is 0.206. The molecule has 2 heteroatoms. The van der Waals surface area contributed by atoms with Crippen LogP contribution in [0.25, 0.3) is 0 Å². The van der Waals surface area contributed by atoms with Gasteiger partial charge in [0.15, 0.2) is 0 Å². The highest BCUT2D eigenvalue weighted by Crippen LogP contribution is 2.29. The molecular formula is C12H16BrN. The maximum absolute atomic E-state index is 8.33. The largest absolute Gasteiger partial charge is 0.370 e. The lowest BCUT2D eigenvalue weighted by Crippen LogP contribution is -2.34. The molecule has 0 amide bonds. The Kier molecular flexibility index (Phi) is 0.704. The molecule has 76 valence electrons. The van der Waals surface area contributed by atoms with Gasteiger partial charge in [0.05, 0.1) is 11.2 Å². The first-order valence-electron chi connectivity index (χ1n) is 11.6. The van der Waals surface area contributed by atoms with Gasteiger partial charge in [-0.25, -0.2) is 0 Å². The van der Waals surface area contributed by atoms with E-state index < -0.39 is 72.8 Å². The summed E-state index contributed by atoms with van der Waals surface area (Å²) in [5.74, 6) is -3.90. The summed E-state index contributed by atoms with van der Waals surface area (Å²) in [6.45, 7) is -11.3. The highest BCUT2D eigenvalue weighted by Gasteiger charge is 2.17. The predicted molar refractivity (Wildman–Crippen MR) is 64.8 cm³/mol. The van der Waals surface area contributed by atoms with Gasteiger partial charge in [0.1, 0.15) is 0 Å². The van der Waals surface area contributed by atoms with Gasteiger partial charge >= 0.3 is 0 Å². The van der Waals surface area contributed by atoms with Gasteiger partial charge < -0.3 is 4.90 Å². The van der Waals surface area contributed by atoms with Crippen LogP contribution in [0.4, 0.5) is 5.69 Å². The number of anilines is 1. The number of piperidine rings is 1. The van der Waals surface area contributed by atoms with Crippen LogP contribution in [0, 0.1) is 5.89 Å². The van der Waals surface area contributed by atoms with Crippen molar-refractivity contribution in [2.75, 3.05) is 17.9 Å². The summed E-state index contributed by atoms with van der Waals surface area (Å²) in [5, 5.41) is 0. The van der Waals surface area contributed by atoms with Crippen molar-refractivity contribution in [1.29, 1.82) is 0 Å². The van der Waals surface area contributed by atoms with Crippen molar-refractivity contribution < 1.29 is 21.9 Å². The third kappa shape index (κ3) is 2.11. The van der Waals surface area contributed by atoms with Crippen molar-refractivity contribution in [3.8, 4) is 0 Å². The summed E-state index contributed by atoms with van der Waals surface area (Å²) in [7, 11) is 0. The van der Waals surface area contributed by atoms with E-state index in [1.54, 1.807) is 0 Å². The van der Waals surface area contributed by atoms with Gasteiger partial charge in [-0.05, 0) is 46.7 Å². The van der Waals surface area contributed by atoms with Crippen molar-refractivity contribution in [2.45, 2.75) is 19.6 Å². The fraction of sp³-hybridized carbons (Fsp3) is 0.500. The minimum Gasteiger partial charge on any atom is -0.370 e. The van der Waals surface area contributed by atoms with Crippen LogP contribution in [0.15, 0.2) is 28.6 Å². The summed E-state index contributed by atoms with van der Waals surface area (Å²) in [6.07, 6.45) is -7.70. The minimum atomic E-state index is -3.90. The Bertz CT molecular complexity index is 862. The average Bonchev–Trinajstić information content (AvgIpc) is 2.58. The second-order valence-corrected chi connectivity index (χ2v) is 3.14. The molecule has 1 atom stereocenters. The Morgan fingerprint density at radius 1 is 1.71 bits per heavy atom. The first-order chi connectivity index (χ1) is 13.0. The van der Waals surface area contributed by atoms with Gasteiger partial charge in [-0.15, -0.1) is 0 Å². The zero-order chi connectivity index (χ0) is 24.0. The van der Waals surface area contributed by atoms with Crippen molar-refractivity contribution in [2.24, 2.45) is 5.89 Å². The third-order valence-electron chi connectivity index (χ3n) is 1.43. The molecule has 0 aliphatic carbocycles. The summed E-state index contributed by atoms with van der Waals surface area (Å²) in [6, 6.07) is -3.53. The van der Waals surface area contributed by atoms with E-state index in [0.717, 1.165) is 0 Å². The zero-order valence-corrected chi connectivity index (χ0v) is 8.41. The van der Waals surface area contributed by atoms with Gasteiger partial charge in [0.25, 0.3) is 0 Å². The fourth-order valence-corrected chi connectivity index (χ4v) is 1.25. The number of nitrogens with zero attached hydrogens (tertiary/aromatic N) is 1. The first kappa shape index (κ1) is 2.27. The van der Waals surface area contributed by atoms with E-state index in [0.29, 0.717) is 0 Å². The van der Waals surface area contributed by atoms with Crippen LogP contribution in [-0.4, -0.2) is 13.0 Å². The standard InChI is InChI=1S/C12H16BrN/c1-10-5-4-8-14(9-10)12-7-3-2-6-11(12)13/h2-3,6-7,10H,4-5,8-9H2,1H3/i1D3,2D,3D,4D2,5D2,6D,7D,8D2,9D2,10D. The lowest BCUT2D eigenvalue weighted by molar-refractivity contribution is 0.446. The van der Waals surface area contributed by atoms with Gasteiger partial charge in [-0.1, -0.05) is 18.9 Å². The number of rotatable bonds is 1. The predicted octanol–water partition coefficient (Wildman–Crippen LogP) is 3.69. The van der Waals surface area contributed by atoms with Gasteiger partial charge in [-0.3, -0.25) is 0 Å². The SMILES string of the molecule is [2H]c1c([2H])c([2H])c(N2C([2H])([2H])C([2H])([2H])C([2H])([2H])C([2H])(C([2H])([2H])[2H])C2([2H])[2H])c(Br)c1[2H]. The van der Waals surface area contributed by atoms with Crippen molar-refractivity contribution in [3.63, 3.8) is 0 Å². The summed E-state index contributed by atoms with van der Waals surface area (Å²) < 4.78 is 127. The van der Waals surface area contributed by atoms with Crippen LogP contribution >= 0.6 is 15.9 Å². The van der Waals surface area contributed by atoms with E-state index in [1.807, 2.05) is 0 Å². The van der Waals surface area contributed by atoms with E-state index in [4.69, 9.17) is 21.9 Å². The lowest BCUT2D eigenvalue weighted by Gasteiger charge is -2.33. The molecule has 0 radical (unpaired) electrons. The molecule has 1 heterocycles. The molecule has 1 unspecified atom stereocenters. The molecule has 2 rings (SSSR count). The Morgan fingerprint density at radius 2 is 2.57 bits per heavy atom. The second kappa shape index (κ2) is 4.35. The molecule has 1 aromatic carbocycles. The van der Waals surface area contributed by atoms with Gasteiger partial charge in [0, 0.05) is 33.9 Å². The molecule has 1 saturated heterocycles. The van der Waals surface area contributed by atoms with Crippen molar-refractivity contribution in [1.82, 2.24) is 0 Å². The summed E-state index contributed by atoms with van der Waals surface area (Å²) >= 11 is 2.81. The molecule has 1 fully saturated rings. The van der Waals surface area contributed by atoms with E-state index >= 15 is 0 Å². The van der Waals surface area contributed by atoms with Gasteiger partial charge in [0.2, 0.25) is 0 Å². The van der Waals surface area contributed by atoms with Crippen LogP contribution in [0.1, 0.15) is 41.5 Å². The van der Waals surface area contributed by atoms with Crippen LogP contribution in [0.5, 0.6) is 0 Å². The molecule has 1 aliphatic heterocycles. The summed E-state index contributed by atoms with van der Waals surface area (Å²) in [4.78, 5) is -0.206. The highest BCUT2D eigenvalue weighted by molar-refractivity contribution is 9.10. The number of hydrogen-bond donors (Lipinski definition) is 0. The quantitative estimate of drug-likeness (QED) is 0.752. The van der Waals surface area contributed by atoms with Crippen LogP contribution in [-0.2, 0) is 0 Å². The number of benzene rings is 1. The highest BCUT2D eigenvalue weighted by atomic mass is 79.9. The molecule has 0 saturated carbocycles. The molecule has 14 heavy (non-hydrogen) atoms. The first-order valence-corrected chi connectivity index (χ1v) is 4.40. The topological polar surface area (TPSA) is 3.24 Å². The van der Waals surface area contributed by atoms with Crippen molar-refractivity contribution in [3.05, 3.63) is 28.6 Å².